The van der Waals surface area contributed by atoms with E-state index in [1.807, 2.05) is 6.92 Å². The lowest BCUT2D eigenvalue weighted by atomic mass is 10.1. The van der Waals surface area contributed by atoms with Crippen LogP contribution in [-0.2, 0) is 0 Å². The number of nitrogens with zero attached hydrogens (tertiary/aromatic N) is 1. The van der Waals surface area contributed by atoms with Crippen molar-refractivity contribution in [1.29, 1.82) is 0 Å². The van der Waals surface area contributed by atoms with Gasteiger partial charge in [0.25, 0.3) is 5.91 Å². The first-order chi connectivity index (χ1) is 7.65. The number of carbonyl (C=O) groups is 1. The number of hydrogen-bond donors (Lipinski definition) is 3. The van der Waals surface area contributed by atoms with Gasteiger partial charge >= 0.3 is 0 Å². The minimum atomic E-state index is -0.471. The first-order valence-corrected chi connectivity index (χ1v) is 5.36. The number of anilines is 1. The van der Waals surface area contributed by atoms with Crippen LogP contribution in [-0.4, -0.2) is 23.5 Å². The summed E-state index contributed by atoms with van der Waals surface area (Å²) in [6, 6.07) is 3.57. The highest BCUT2D eigenvalue weighted by atomic mass is 16.1. The number of nitrogens with one attached hydrogen (secondary N) is 1. The maximum atomic E-state index is 11.1. The van der Waals surface area contributed by atoms with Gasteiger partial charge in [0.05, 0.1) is 5.56 Å². The number of pyridine rings is 1. The molecule has 5 N–H and O–H groups in total. The molecular formula is C11H18N4O. The molecule has 0 aliphatic rings. The summed E-state index contributed by atoms with van der Waals surface area (Å²) >= 11 is 0. The van der Waals surface area contributed by atoms with Gasteiger partial charge in [0.2, 0.25) is 0 Å². The molecule has 0 spiro atoms. The molecule has 0 bridgehead atoms. The third kappa shape index (κ3) is 3.51. The summed E-state index contributed by atoms with van der Waals surface area (Å²) in [6.07, 6.45) is 3.50. The van der Waals surface area contributed by atoms with E-state index in [2.05, 4.69) is 10.3 Å². The number of nitrogens with two attached hydrogens (primary N) is 2. The van der Waals surface area contributed by atoms with Crippen molar-refractivity contribution in [3.05, 3.63) is 23.9 Å². The second-order valence-electron chi connectivity index (χ2n) is 3.74. The third-order valence-electron chi connectivity index (χ3n) is 2.30. The predicted molar refractivity (Wildman–Crippen MR) is 64.1 cm³/mol. The Balaban J connectivity index is 2.69. The van der Waals surface area contributed by atoms with Crippen LogP contribution in [0, 0.1) is 0 Å². The first kappa shape index (κ1) is 12.4. The highest BCUT2D eigenvalue weighted by molar-refractivity contribution is 5.97. The Hall–Kier alpha value is -1.62. The Labute approximate surface area is 95.2 Å². The van der Waals surface area contributed by atoms with Crippen LogP contribution >= 0.6 is 0 Å². The van der Waals surface area contributed by atoms with Gasteiger partial charge in [-0.05, 0) is 38.4 Å². The molecule has 0 saturated heterocycles. The van der Waals surface area contributed by atoms with Gasteiger partial charge in [-0.3, -0.25) is 4.79 Å². The molecule has 1 rings (SSSR count). The van der Waals surface area contributed by atoms with Crippen molar-refractivity contribution in [3.8, 4) is 0 Å². The lowest BCUT2D eigenvalue weighted by Gasteiger charge is -2.15. The van der Waals surface area contributed by atoms with Gasteiger partial charge in [-0.2, -0.15) is 0 Å². The van der Waals surface area contributed by atoms with Gasteiger partial charge in [-0.1, -0.05) is 0 Å². The van der Waals surface area contributed by atoms with E-state index in [1.165, 1.54) is 0 Å². The average Bonchev–Trinajstić information content (AvgIpc) is 2.27. The molecule has 0 saturated carbocycles. The quantitative estimate of drug-likeness (QED) is 0.661. The van der Waals surface area contributed by atoms with Crippen LogP contribution in [0.1, 0.15) is 30.1 Å². The van der Waals surface area contributed by atoms with E-state index in [9.17, 15) is 4.79 Å². The number of rotatable bonds is 6. The summed E-state index contributed by atoms with van der Waals surface area (Å²) < 4.78 is 0. The molecule has 0 aliphatic heterocycles. The molecule has 1 aromatic heterocycles. The standard InChI is InChI=1S/C11H18N4O/c1-8(4-2-6-12)15-11-9(10(13)16)5-3-7-14-11/h3,5,7-8H,2,4,6,12H2,1H3,(H2,13,16)(H,14,15). The first-order valence-electron chi connectivity index (χ1n) is 5.36. The lowest BCUT2D eigenvalue weighted by Crippen LogP contribution is -2.21. The van der Waals surface area contributed by atoms with E-state index in [4.69, 9.17) is 11.5 Å². The van der Waals surface area contributed by atoms with Crippen molar-refractivity contribution >= 4 is 11.7 Å². The Morgan fingerprint density at radius 1 is 1.62 bits per heavy atom. The fourth-order valence-corrected chi connectivity index (χ4v) is 1.45. The summed E-state index contributed by atoms with van der Waals surface area (Å²) in [5.41, 5.74) is 11.1. The lowest BCUT2D eigenvalue weighted by molar-refractivity contribution is 0.100. The minimum absolute atomic E-state index is 0.219. The summed E-state index contributed by atoms with van der Waals surface area (Å²) in [4.78, 5) is 15.2. The molecular weight excluding hydrogens is 204 g/mol. The Morgan fingerprint density at radius 2 is 2.38 bits per heavy atom. The molecule has 1 aromatic rings. The van der Waals surface area contributed by atoms with Crippen molar-refractivity contribution in [2.45, 2.75) is 25.8 Å². The van der Waals surface area contributed by atoms with Gasteiger partial charge in [0.15, 0.2) is 0 Å². The number of aromatic nitrogens is 1. The maximum absolute atomic E-state index is 11.1. The van der Waals surface area contributed by atoms with E-state index < -0.39 is 5.91 Å². The smallest absolute Gasteiger partial charge is 0.252 e. The molecule has 5 nitrogen and oxygen atoms in total. The number of hydrogen-bond acceptors (Lipinski definition) is 4. The van der Waals surface area contributed by atoms with Crippen LogP contribution in [0.3, 0.4) is 0 Å². The van der Waals surface area contributed by atoms with Crippen LogP contribution in [0.2, 0.25) is 0 Å². The molecule has 1 amide bonds. The summed E-state index contributed by atoms with van der Waals surface area (Å²) in [7, 11) is 0. The molecule has 16 heavy (non-hydrogen) atoms. The van der Waals surface area contributed by atoms with Crippen LogP contribution in [0.5, 0.6) is 0 Å². The fourth-order valence-electron chi connectivity index (χ4n) is 1.45. The molecule has 0 fully saturated rings. The zero-order valence-electron chi connectivity index (χ0n) is 9.44. The van der Waals surface area contributed by atoms with E-state index in [1.54, 1.807) is 18.3 Å². The van der Waals surface area contributed by atoms with Gasteiger partial charge in [-0.25, -0.2) is 4.98 Å². The van der Waals surface area contributed by atoms with E-state index in [-0.39, 0.29) is 6.04 Å². The van der Waals surface area contributed by atoms with Crippen LogP contribution in [0.4, 0.5) is 5.82 Å². The van der Waals surface area contributed by atoms with Crippen molar-refractivity contribution in [2.24, 2.45) is 11.5 Å². The molecule has 0 aromatic carbocycles. The summed E-state index contributed by atoms with van der Waals surface area (Å²) in [6.45, 7) is 2.69. The van der Waals surface area contributed by atoms with E-state index in [0.717, 1.165) is 12.8 Å². The zero-order valence-corrected chi connectivity index (χ0v) is 9.44. The summed E-state index contributed by atoms with van der Waals surface area (Å²) in [5.74, 6) is 0.0705. The van der Waals surface area contributed by atoms with Gasteiger partial charge in [0, 0.05) is 12.2 Å². The van der Waals surface area contributed by atoms with E-state index >= 15 is 0 Å². The van der Waals surface area contributed by atoms with Crippen molar-refractivity contribution < 1.29 is 4.79 Å². The van der Waals surface area contributed by atoms with Gasteiger partial charge < -0.3 is 16.8 Å². The largest absolute Gasteiger partial charge is 0.367 e. The highest BCUT2D eigenvalue weighted by Crippen LogP contribution is 2.13. The minimum Gasteiger partial charge on any atom is -0.367 e. The molecule has 1 unspecified atom stereocenters. The molecule has 0 aliphatic carbocycles. The van der Waals surface area contributed by atoms with Gasteiger partial charge in [-0.15, -0.1) is 0 Å². The summed E-state index contributed by atoms with van der Waals surface area (Å²) in [5, 5.41) is 3.16. The second kappa shape index (κ2) is 6.07. The number of amides is 1. The van der Waals surface area contributed by atoms with Crippen LogP contribution < -0.4 is 16.8 Å². The number of primary amides is 1. The normalized spacial score (nSPS) is 12.1. The van der Waals surface area contributed by atoms with Gasteiger partial charge in [0.1, 0.15) is 5.82 Å². The fraction of sp³-hybridized carbons (Fsp3) is 0.455. The van der Waals surface area contributed by atoms with Crippen molar-refractivity contribution in [2.75, 3.05) is 11.9 Å². The van der Waals surface area contributed by atoms with Crippen molar-refractivity contribution in [1.82, 2.24) is 4.98 Å². The number of carbonyl (C=O) groups excluding carboxylic acids is 1. The second-order valence-corrected chi connectivity index (χ2v) is 3.74. The molecule has 0 radical (unpaired) electrons. The maximum Gasteiger partial charge on any atom is 0.252 e. The Bertz CT molecular complexity index is 354. The zero-order chi connectivity index (χ0) is 12.0. The average molecular weight is 222 g/mol. The van der Waals surface area contributed by atoms with Crippen LogP contribution in [0.25, 0.3) is 0 Å². The van der Waals surface area contributed by atoms with Crippen molar-refractivity contribution in [3.63, 3.8) is 0 Å². The Morgan fingerprint density at radius 3 is 3.00 bits per heavy atom. The SMILES string of the molecule is CC(CCCN)Nc1ncccc1C(N)=O. The molecule has 1 heterocycles. The van der Waals surface area contributed by atoms with E-state index in [0.29, 0.717) is 17.9 Å². The highest BCUT2D eigenvalue weighted by Gasteiger charge is 2.10. The topological polar surface area (TPSA) is 94.0 Å². The predicted octanol–water partition coefficient (Wildman–Crippen LogP) is 0.720. The Kier molecular flexibility index (Phi) is 4.72. The van der Waals surface area contributed by atoms with Crippen LogP contribution in [0.15, 0.2) is 18.3 Å². The monoisotopic (exact) mass is 222 g/mol. The molecule has 1 atom stereocenters. The molecule has 5 heteroatoms. The third-order valence-corrected chi connectivity index (χ3v) is 2.30. The molecule has 88 valence electrons.